The first-order valence-electron chi connectivity index (χ1n) is 42.7. The molecule has 0 radical (unpaired) electrons. The molecule has 124 heavy (non-hydrogen) atoms. The molecule has 20 aromatic carbocycles. The highest BCUT2D eigenvalue weighted by atomic mass is 15.0. The van der Waals surface area contributed by atoms with E-state index in [-0.39, 0.29) is 0 Å². The molecule has 0 aliphatic carbocycles. The van der Waals surface area contributed by atoms with Gasteiger partial charge in [0.25, 0.3) is 0 Å². The van der Waals surface area contributed by atoms with E-state index in [1.807, 2.05) is 0 Å². The summed E-state index contributed by atoms with van der Waals surface area (Å²) in [5, 5.41) is 9.64. The molecule has 4 heteroatoms. The lowest BCUT2D eigenvalue weighted by molar-refractivity contribution is 1.17. The summed E-state index contributed by atoms with van der Waals surface area (Å²) in [6.45, 7) is 0. The highest BCUT2D eigenvalue weighted by molar-refractivity contribution is 6.16. The van der Waals surface area contributed by atoms with Crippen molar-refractivity contribution in [3.05, 3.63) is 473 Å². The van der Waals surface area contributed by atoms with Crippen LogP contribution in [0.15, 0.2) is 473 Å². The normalized spacial score (nSPS) is 11.7. The number of fused-ring (bicyclic) bond motifs is 12. The van der Waals surface area contributed by atoms with Crippen LogP contribution in [-0.4, -0.2) is 18.3 Å². The molecule has 0 aliphatic rings. The number of nitrogens with zero attached hydrogens (tertiary/aromatic N) is 4. The predicted octanol–water partition coefficient (Wildman–Crippen LogP) is 32.4. The van der Waals surface area contributed by atoms with Crippen LogP contribution in [0, 0.1) is 0 Å². The monoisotopic (exact) mass is 1570 g/mol. The van der Waals surface area contributed by atoms with Gasteiger partial charge in [-0.15, -0.1) is 0 Å². The van der Waals surface area contributed by atoms with Crippen molar-refractivity contribution < 1.29 is 0 Å². The molecule has 0 bridgehead atoms. The molecule has 0 aliphatic heterocycles. The van der Waals surface area contributed by atoms with Crippen LogP contribution in [0.1, 0.15) is 0 Å². The van der Waals surface area contributed by atoms with E-state index < -0.39 is 0 Å². The fourth-order valence-corrected chi connectivity index (χ4v) is 19.5. The zero-order valence-electron chi connectivity index (χ0n) is 67.8. The lowest BCUT2D eigenvalue weighted by atomic mass is 9.93. The van der Waals surface area contributed by atoms with E-state index in [0.717, 1.165) is 111 Å². The Morgan fingerprint density at radius 1 is 0.0887 bits per heavy atom. The van der Waals surface area contributed by atoms with Crippen LogP contribution < -0.4 is 0 Å². The average Bonchev–Trinajstić information content (AvgIpc) is 1.60. The molecule has 578 valence electrons. The van der Waals surface area contributed by atoms with Gasteiger partial charge in [-0.2, -0.15) is 0 Å². The molecule has 24 rings (SSSR count). The van der Waals surface area contributed by atoms with Gasteiger partial charge in [-0.05, 0) is 292 Å². The Labute approximate surface area is 718 Å². The number of hydrogen-bond donors (Lipinski definition) is 0. The average molecular weight is 1580 g/mol. The van der Waals surface area contributed by atoms with Crippen LogP contribution in [-0.2, 0) is 0 Å². The fourth-order valence-electron chi connectivity index (χ4n) is 19.5. The van der Waals surface area contributed by atoms with Gasteiger partial charge in [-0.3, -0.25) is 0 Å². The Morgan fingerprint density at radius 3 is 0.492 bits per heavy atom. The van der Waals surface area contributed by atoms with E-state index in [2.05, 4.69) is 491 Å². The smallest absolute Gasteiger partial charge is 0.0541 e. The summed E-state index contributed by atoms with van der Waals surface area (Å²) in [4.78, 5) is 0. The maximum absolute atomic E-state index is 2.46. The minimum absolute atomic E-state index is 1.10. The van der Waals surface area contributed by atoms with Crippen LogP contribution >= 0.6 is 0 Å². The Bertz CT molecular complexity index is 7710. The second-order valence-corrected chi connectivity index (χ2v) is 32.8. The SMILES string of the molecule is c1ccc(-c2cc(-c3ccccc3)cc(-c3cccc(-n4c5ccc(-c6ccccc6)cc5c5cc(-c6ccc7c(c6)c6ccccc6n7-c6cccc(-c7cccc(-n8c9ccccc9c9cc(-c%10ccc%11c(c%10)c%10cc(-c%12ccccc%12)ccc%10n%11-c%10cccc(-c%11cc(-c%12ccccc%12)cc(-c%12ccccc%12)c%11)c%10)ccc98)c7)c6)ccc54)c3)c2)cc1. The molecule has 0 fully saturated rings. The largest absolute Gasteiger partial charge is 0.309 e. The number of hydrogen-bond acceptors (Lipinski definition) is 0. The van der Waals surface area contributed by atoms with Crippen molar-refractivity contribution in [1.29, 1.82) is 0 Å². The van der Waals surface area contributed by atoms with Gasteiger partial charge in [-0.25, -0.2) is 0 Å². The predicted molar refractivity (Wildman–Crippen MR) is 524 cm³/mol. The molecule has 24 aromatic rings. The summed E-state index contributed by atoms with van der Waals surface area (Å²) < 4.78 is 9.83. The van der Waals surface area contributed by atoms with Gasteiger partial charge in [0, 0.05) is 65.8 Å². The van der Waals surface area contributed by atoms with Crippen LogP contribution in [0.4, 0.5) is 0 Å². The molecular formula is C120H78N4. The summed E-state index contributed by atoms with van der Waals surface area (Å²) in [7, 11) is 0. The first-order valence-corrected chi connectivity index (χ1v) is 42.7. The first-order chi connectivity index (χ1) is 61.4. The van der Waals surface area contributed by atoms with Gasteiger partial charge >= 0.3 is 0 Å². The van der Waals surface area contributed by atoms with Crippen molar-refractivity contribution in [3.63, 3.8) is 0 Å². The maximum atomic E-state index is 2.46. The molecule has 0 saturated carbocycles. The van der Waals surface area contributed by atoms with E-state index in [4.69, 9.17) is 0 Å². The van der Waals surface area contributed by atoms with Gasteiger partial charge in [0.1, 0.15) is 0 Å². The van der Waals surface area contributed by atoms with E-state index in [1.165, 1.54) is 121 Å². The van der Waals surface area contributed by atoms with Crippen molar-refractivity contribution in [2.24, 2.45) is 0 Å². The summed E-state index contributed by atoms with van der Waals surface area (Å²) in [5.74, 6) is 0. The Kier molecular flexibility index (Phi) is 17.2. The minimum Gasteiger partial charge on any atom is -0.309 e. The molecule has 0 N–H and O–H groups in total. The zero-order chi connectivity index (χ0) is 81.7. The van der Waals surface area contributed by atoms with E-state index in [9.17, 15) is 0 Å². The molecule has 4 aromatic heterocycles. The van der Waals surface area contributed by atoms with Crippen molar-refractivity contribution in [2.75, 3.05) is 0 Å². The van der Waals surface area contributed by atoms with Gasteiger partial charge in [0.2, 0.25) is 0 Å². The Balaban J connectivity index is 0.570. The summed E-state index contributed by atoms with van der Waals surface area (Å²) in [5.41, 5.74) is 39.5. The van der Waals surface area contributed by atoms with E-state index in [1.54, 1.807) is 0 Å². The second kappa shape index (κ2) is 29.8. The molecular weight excluding hydrogens is 1500 g/mol. The summed E-state index contributed by atoms with van der Waals surface area (Å²) in [6.07, 6.45) is 0. The van der Waals surface area contributed by atoms with Crippen LogP contribution in [0.5, 0.6) is 0 Å². The second-order valence-electron chi connectivity index (χ2n) is 32.8. The molecule has 0 unspecified atom stereocenters. The minimum atomic E-state index is 1.10. The molecule has 4 nitrogen and oxygen atoms in total. The molecule has 0 saturated heterocycles. The van der Waals surface area contributed by atoms with Crippen molar-refractivity contribution in [2.45, 2.75) is 0 Å². The zero-order valence-corrected chi connectivity index (χ0v) is 67.8. The molecule has 4 heterocycles. The third-order valence-electron chi connectivity index (χ3n) is 25.5. The third kappa shape index (κ3) is 12.5. The van der Waals surface area contributed by atoms with Gasteiger partial charge in [0.05, 0.1) is 44.1 Å². The number of aromatic nitrogens is 4. The molecule has 0 amide bonds. The Hall–Kier alpha value is -16.4. The number of para-hydroxylation sites is 2. The van der Waals surface area contributed by atoms with Gasteiger partial charge in [-0.1, -0.05) is 303 Å². The van der Waals surface area contributed by atoms with Crippen molar-refractivity contribution >= 4 is 87.2 Å². The lowest BCUT2D eigenvalue weighted by Crippen LogP contribution is -1.96. The van der Waals surface area contributed by atoms with Gasteiger partial charge in [0.15, 0.2) is 0 Å². The number of rotatable bonds is 15. The topological polar surface area (TPSA) is 19.7 Å². The highest BCUT2D eigenvalue weighted by Crippen LogP contribution is 2.46. The fraction of sp³-hybridized carbons (Fsp3) is 0. The maximum Gasteiger partial charge on any atom is 0.0541 e. The summed E-state index contributed by atoms with van der Waals surface area (Å²) >= 11 is 0. The third-order valence-corrected chi connectivity index (χ3v) is 25.5. The number of benzene rings is 20. The van der Waals surface area contributed by atoms with Crippen molar-refractivity contribution in [1.82, 2.24) is 18.3 Å². The lowest BCUT2D eigenvalue weighted by Gasteiger charge is -2.14. The van der Waals surface area contributed by atoms with Gasteiger partial charge < -0.3 is 18.3 Å². The first kappa shape index (κ1) is 71.7. The standard InChI is InChI=1S/C120H78N4/c1-7-27-79(28-8-1)89-51-57-117-109(73-89)111-77-93(55-61-119(111)123(117)103-45-25-41-87(71-103)99-65-95(81-31-11-3-12-32-81)63-96(66-99)82-33-13-4-14-34-82)91-53-59-115-107(75-91)105-47-19-21-49-113(105)121(115)101-43-23-39-85(69-101)86-40-24-44-102(70-86)122-114-50-22-20-48-106(114)108-76-92(54-60-116(108)122)94-56-62-120-112(78-94)110-74-90(80-29-9-2-10-30-80)52-58-118(110)124(120)104-46-26-42-88(72-104)100-67-97(83-35-15-5-16-36-83)64-98(68-100)84-37-17-6-18-38-84/h1-78H. The quantitative estimate of drug-likeness (QED) is 0.0975. The van der Waals surface area contributed by atoms with Crippen LogP contribution in [0.25, 0.3) is 232 Å². The molecule has 0 atom stereocenters. The van der Waals surface area contributed by atoms with Crippen LogP contribution in [0.2, 0.25) is 0 Å². The van der Waals surface area contributed by atoms with Crippen LogP contribution in [0.3, 0.4) is 0 Å². The van der Waals surface area contributed by atoms with Crippen molar-refractivity contribution in [3.8, 4) is 145 Å². The highest BCUT2D eigenvalue weighted by Gasteiger charge is 2.23. The Morgan fingerprint density at radius 2 is 0.250 bits per heavy atom. The summed E-state index contributed by atoms with van der Waals surface area (Å²) in [6, 6.07) is 175. The van der Waals surface area contributed by atoms with E-state index in [0.29, 0.717) is 0 Å². The molecule has 0 spiro atoms. The van der Waals surface area contributed by atoms with E-state index >= 15 is 0 Å².